The van der Waals surface area contributed by atoms with E-state index < -0.39 is 34.1 Å². The van der Waals surface area contributed by atoms with Crippen molar-refractivity contribution in [2.45, 2.75) is 70.8 Å². The van der Waals surface area contributed by atoms with Crippen LogP contribution in [0.25, 0.3) is 0 Å². The number of nitrogens with one attached hydrogen (secondary N) is 1. The molecule has 0 heterocycles. The van der Waals surface area contributed by atoms with Crippen molar-refractivity contribution in [3.8, 4) is 0 Å². The average molecular weight is 356 g/mol. The smallest absolute Gasteiger partial charge is 0.370 e. The van der Waals surface area contributed by atoms with E-state index in [-0.39, 0.29) is 6.54 Å². The maximum absolute atomic E-state index is 11.8. The van der Waals surface area contributed by atoms with Gasteiger partial charge in [-0.2, -0.15) is 14.0 Å². The summed E-state index contributed by atoms with van der Waals surface area (Å²) in [6.45, 7) is 3.67. The lowest BCUT2D eigenvalue weighted by molar-refractivity contribution is -1.92. The fraction of sp³-hybridized carbons (Fsp3) is 0.857. The lowest BCUT2D eigenvalue weighted by atomic mass is 10.00. The first-order valence-electron chi connectivity index (χ1n) is 7.82. The maximum atomic E-state index is 11.8. The Morgan fingerprint density at radius 1 is 1.04 bits per heavy atom. The van der Waals surface area contributed by atoms with E-state index in [2.05, 4.69) is 16.5 Å². The molecular formula is C14H26ClNO7. The summed E-state index contributed by atoms with van der Waals surface area (Å²) >= 11 is 0. The third kappa shape index (κ3) is 9.07. The van der Waals surface area contributed by atoms with Crippen LogP contribution in [-0.4, -0.2) is 29.1 Å². The van der Waals surface area contributed by atoms with E-state index in [9.17, 15) is 28.7 Å². The number of halogens is 1. The first-order valence-corrected chi connectivity index (χ1v) is 9.06. The van der Waals surface area contributed by atoms with Gasteiger partial charge in [0.25, 0.3) is 11.5 Å². The monoisotopic (exact) mass is 355 g/mol. The van der Waals surface area contributed by atoms with Gasteiger partial charge in [-0.05, 0) is 17.1 Å². The highest BCUT2D eigenvalue weighted by molar-refractivity contribution is 6.05. The van der Waals surface area contributed by atoms with Crippen molar-refractivity contribution in [3.05, 3.63) is 0 Å². The molecule has 23 heavy (non-hydrogen) atoms. The van der Waals surface area contributed by atoms with Gasteiger partial charge in [-0.15, -0.1) is 0 Å². The van der Waals surface area contributed by atoms with Gasteiger partial charge in [-0.1, -0.05) is 52.4 Å². The number of unbranched alkanes of at least 4 members (excludes halogenated alkanes) is 6. The van der Waals surface area contributed by atoms with Gasteiger partial charge in [0.2, 0.25) is 0 Å². The summed E-state index contributed by atoms with van der Waals surface area (Å²) in [6, 6.07) is 0. The summed E-state index contributed by atoms with van der Waals surface area (Å²) in [5.74, 6) is -2.87. The lowest BCUT2D eigenvalue weighted by Crippen LogP contribution is -2.65. The van der Waals surface area contributed by atoms with Crippen molar-refractivity contribution in [2.75, 3.05) is 6.54 Å². The molecular weight excluding hydrogens is 330 g/mol. The number of hydrogen-bond donors (Lipinski definition) is 2. The summed E-state index contributed by atoms with van der Waals surface area (Å²) in [4.78, 5) is 23.3. The number of amides is 1. The SMILES string of the molecule is CCCCCCCCCNC(=O)C(O)(CC)C(=O)O[Cl+3]([O-])([O-])[O-]. The molecule has 0 radical (unpaired) electrons. The van der Waals surface area contributed by atoms with E-state index in [4.69, 9.17) is 0 Å². The van der Waals surface area contributed by atoms with Gasteiger partial charge in [0.15, 0.2) is 0 Å². The van der Waals surface area contributed by atoms with Crippen molar-refractivity contribution in [3.63, 3.8) is 0 Å². The second kappa shape index (κ2) is 10.8. The van der Waals surface area contributed by atoms with Crippen LogP contribution in [0.5, 0.6) is 0 Å². The predicted octanol–water partition coefficient (Wildman–Crippen LogP) is -1.57. The minimum atomic E-state index is -5.05. The van der Waals surface area contributed by atoms with E-state index in [0.717, 1.165) is 19.3 Å². The molecule has 1 unspecified atom stereocenters. The van der Waals surface area contributed by atoms with Gasteiger partial charge in [-0.3, -0.25) is 4.79 Å². The summed E-state index contributed by atoms with van der Waals surface area (Å²) in [5, 5.41) is 12.3. The van der Waals surface area contributed by atoms with Crippen LogP contribution in [0.1, 0.15) is 65.2 Å². The van der Waals surface area contributed by atoms with Crippen molar-refractivity contribution >= 4 is 11.9 Å². The highest BCUT2D eigenvalue weighted by atomic mass is 35.7. The number of carbonyl (C=O) groups excluding carboxylic acids is 2. The molecule has 2 N–H and O–H groups in total. The third-order valence-electron chi connectivity index (χ3n) is 3.46. The largest absolute Gasteiger partial charge is 0.503 e. The van der Waals surface area contributed by atoms with Gasteiger partial charge in [0.1, 0.15) is 10.2 Å². The minimum absolute atomic E-state index is 0.240. The molecule has 0 aromatic carbocycles. The van der Waals surface area contributed by atoms with E-state index in [1.165, 1.54) is 26.2 Å². The summed E-state index contributed by atoms with van der Waals surface area (Å²) in [5.41, 5.74) is -2.69. The molecule has 136 valence electrons. The Labute approximate surface area is 138 Å². The highest BCUT2D eigenvalue weighted by Crippen LogP contribution is 2.15. The van der Waals surface area contributed by atoms with Crippen molar-refractivity contribution in [1.82, 2.24) is 5.32 Å². The van der Waals surface area contributed by atoms with Gasteiger partial charge >= 0.3 is 5.97 Å². The molecule has 0 spiro atoms. The van der Waals surface area contributed by atoms with Crippen LogP contribution >= 0.6 is 0 Å². The van der Waals surface area contributed by atoms with Crippen LogP contribution in [0, 0.1) is 10.2 Å². The van der Waals surface area contributed by atoms with Gasteiger partial charge in [-0.25, -0.2) is 4.79 Å². The number of carbonyl (C=O) groups is 2. The van der Waals surface area contributed by atoms with E-state index in [1.807, 2.05) is 0 Å². The molecule has 0 saturated carbocycles. The molecule has 1 amide bonds. The minimum Gasteiger partial charge on any atom is -0.370 e. The molecule has 0 bridgehead atoms. The van der Waals surface area contributed by atoms with Gasteiger partial charge < -0.3 is 10.4 Å². The van der Waals surface area contributed by atoms with Crippen molar-refractivity contribution in [2.24, 2.45) is 0 Å². The topological polar surface area (TPSA) is 145 Å². The molecule has 8 nitrogen and oxygen atoms in total. The molecule has 0 aliphatic carbocycles. The van der Waals surface area contributed by atoms with Crippen LogP contribution in [0.2, 0.25) is 0 Å². The Hall–Kier alpha value is -0.930. The number of aliphatic hydroxyl groups is 1. The maximum Gasteiger partial charge on any atom is 0.503 e. The molecule has 9 heteroatoms. The Kier molecular flexibility index (Phi) is 10.3. The van der Waals surface area contributed by atoms with Crippen LogP contribution in [0.15, 0.2) is 0 Å². The molecule has 0 rings (SSSR count). The Balaban J connectivity index is 4.16. The molecule has 0 aromatic rings. The zero-order valence-electron chi connectivity index (χ0n) is 13.6. The first-order chi connectivity index (χ1) is 10.7. The predicted molar refractivity (Wildman–Crippen MR) is 72.3 cm³/mol. The zero-order chi connectivity index (χ0) is 17.9. The van der Waals surface area contributed by atoms with Crippen LogP contribution in [0.4, 0.5) is 0 Å². The Morgan fingerprint density at radius 3 is 2.04 bits per heavy atom. The van der Waals surface area contributed by atoms with Gasteiger partial charge in [0, 0.05) is 6.54 Å². The normalized spacial score (nSPS) is 14.2. The zero-order valence-corrected chi connectivity index (χ0v) is 14.4. The second-order valence-corrected chi connectivity index (χ2v) is 6.24. The lowest BCUT2D eigenvalue weighted by Gasteiger charge is -2.21. The molecule has 0 aliphatic rings. The third-order valence-corrected chi connectivity index (χ3v) is 3.78. The van der Waals surface area contributed by atoms with Crippen LogP contribution < -0.4 is 19.3 Å². The fourth-order valence-corrected chi connectivity index (χ4v) is 2.28. The highest BCUT2D eigenvalue weighted by Gasteiger charge is 2.51. The molecule has 0 aromatic heterocycles. The molecule has 0 fully saturated rings. The Bertz CT molecular complexity index is 373. The number of hydrogen-bond acceptors (Lipinski definition) is 7. The van der Waals surface area contributed by atoms with Crippen molar-refractivity contribution < 1.29 is 43.2 Å². The van der Waals surface area contributed by atoms with Crippen LogP contribution in [0.3, 0.4) is 0 Å². The van der Waals surface area contributed by atoms with Crippen molar-refractivity contribution in [1.29, 1.82) is 0 Å². The summed E-state index contributed by atoms with van der Waals surface area (Å²) in [7, 11) is -5.05. The van der Waals surface area contributed by atoms with E-state index in [1.54, 1.807) is 0 Å². The fourth-order valence-electron chi connectivity index (χ4n) is 1.98. The quantitative estimate of drug-likeness (QED) is 0.318. The summed E-state index contributed by atoms with van der Waals surface area (Å²) < 4.78 is 34.6. The van der Waals surface area contributed by atoms with Gasteiger partial charge in [0.05, 0.1) is 0 Å². The molecule has 1 atom stereocenters. The van der Waals surface area contributed by atoms with Crippen LogP contribution in [-0.2, 0) is 13.9 Å². The standard InChI is InChI=1S/C14H26ClNO7/c1-3-5-6-7-8-9-10-11-16-12(17)14(19,4-2)13(18)23-15(20,21)22/h19H,3-11H2,1-2H3,(H,16,17). The Morgan fingerprint density at radius 2 is 1.57 bits per heavy atom. The first kappa shape index (κ1) is 22.1. The van der Waals surface area contributed by atoms with E-state index in [0.29, 0.717) is 6.42 Å². The molecule has 0 saturated heterocycles. The number of rotatable bonds is 12. The van der Waals surface area contributed by atoms with E-state index >= 15 is 0 Å². The average Bonchev–Trinajstić information content (AvgIpc) is 2.47. The second-order valence-electron chi connectivity index (χ2n) is 5.33. The summed E-state index contributed by atoms with van der Waals surface area (Å²) in [6.07, 6.45) is 6.84. The molecule has 0 aliphatic heterocycles.